The van der Waals surface area contributed by atoms with E-state index in [0.29, 0.717) is 22.5 Å². The molecule has 26 heavy (non-hydrogen) atoms. The summed E-state index contributed by atoms with van der Waals surface area (Å²) in [5, 5.41) is 1.21. The normalized spacial score (nSPS) is 22.2. The molecule has 0 saturated heterocycles. The summed E-state index contributed by atoms with van der Waals surface area (Å²) in [6.45, 7) is 18.6. The van der Waals surface area contributed by atoms with E-state index in [-0.39, 0.29) is 11.9 Å². The average Bonchev–Trinajstić information content (AvgIpc) is 2.57. The maximum absolute atomic E-state index is 13.7. The number of nitrogens with zero attached hydrogens (tertiary/aromatic N) is 1. The van der Waals surface area contributed by atoms with E-state index in [1.54, 1.807) is 0 Å². The second-order valence-electron chi connectivity index (χ2n) is 9.02. The van der Waals surface area contributed by atoms with Crippen LogP contribution in [0, 0.1) is 5.92 Å². The summed E-state index contributed by atoms with van der Waals surface area (Å²) in [5.74, 6) is 0.621. The predicted molar refractivity (Wildman–Crippen MR) is 115 cm³/mol. The summed E-state index contributed by atoms with van der Waals surface area (Å²) in [4.78, 5) is 15.8. The molecule has 144 valence electrons. The predicted octanol–water partition coefficient (Wildman–Crippen LogP) is 6.37. The quantitative estimate of drug-likeness (QED) is 0.551. The second kappa shape index (κ2) is 7.72. The summed E-state index contributed by atoms with van der Waals surface area (Å²) in [6, 6.07) is 10.6. The largest absolute Gasteiger partial charge is 0.335 e. The first-order valence-corrected chi connectivity index (χ1v) is 12.3. The number of hydrogen-bond donors (Lipinski definition) is 0. The van der Waals surface area contributed by atoms with Gasteiger partial charge >= 0.3 is 0 Å². The average molecular weight is 372 g/mol. The third-order valence-corrected chi connectivity index (χ3v) is 14.1. The minimum absolute atomic E-state index is 0.130. The number of likely N-dealkylation sites (N-methyl/N-ethyl adjacent to an activating group) is 1. The van der Waals surface area contributed by atoms with E-state index < -0.39 is 8.07 Å². The van der Waals surface area contributed by atoms with Crippen LogP contribution in [0.5, 0.6) is 0 Å². The fourth-order valence-corrected chi connectivity index (χ4v) is 13.0. The first-order chi connectivity index (χ1) is 12.1. The van der Waals surface area contributed by atoms with Gasteiger partial charge in [0.1, 0.15) is 8.07 Å². The summed E-state index contributed by atoms with van der Waals surface area (Å²) in [6.07, 6.45) is 0. The Labute approximate surface area is 161 Å². The number of amides is 1. The van der Waals surface area contributed by atoms with Gasteiger partial charge in [0.15, 0.2) is 0 Å². The van der Waals surface area contributed by atoms with Crippen molar-refractivity contribution in [1.29, 1.82) is 0 Å². The number of carbonyl (C=O) groups excluding carboxylic acids is 1. The van der Waals surface area contributed by atoms with Crippen LogP contribution < -0.4 is 0 Å². The van der Waals surface area contributed by atoms with Crippen molar-refractivity contribution in [1.82, 2.24) is 4.90 Å². The molecule has 2 nitrogen and oxygen atoms in total. The van der Waals surface area contributed by atoms with Crippen LogP contribution in [0.3, 0.4) is 0 Å². The molecule has 1 aliphatic rings. The van der Waals surface area contributed by atoms with Crippen molar-refractivity contribution in [3.8, 4) is 0 Å². The van der Waals surface area contributed by atoms with Crippen LogP contribution in [-0.4, -0.2) is 25.9 Å². The van der Waals surface area contributed by atoms with Crippen LogP contribution >= 0.6 is 0 Å². The fourth-order valence-electron chi connectivity index (χ4n) is 5.83. The number of carbonyl (C=O) groups is 1. The lowest BCUT2D eigenvalue weighted by molar-refractivity contribution is -0.129. The van der Waals surface area contributed by atoms with E-state index in [1.807, 2.05) is 18.0 Å². The lowest BCUT2D eigenvalue weighted by Crippen LogP contribution is -2.55. The minimum Gasteiger partial charge on any atom is -0.335 e. The summed E-state index contributed by atoms with van der Waals surface area (Å²) >= 11 is 0. The van der Waals surface area contributed by atoms with Gasteiger partial charge in [0.2, 0.25) is 5.91 Å². The lowest BCUT2D eigenvalue weighted by atomic mass is 9.85. The van der Waals surface area contributed by atoms with Crippen LogP contribution in [0.15, 0.2) is 41.1 Å². The summed E-state index contributed by atoms with van der Waals surface area (Å²) in [7, 11) is 0.0244. The molecule has 0 saturated carbocycles. The first kappa shape index (κ1) is 21.0. The van der Waals surface area contributed by atoms with E-state index >= 15 is 0 Å². The Morgan fingerprint density at radius 1 is 0.923 bits per heavy atom. The molecule has 3 heteroatoms. The maximum atomic E-state index is 13.7. The second-order valence-corrected chi connectivity index (χ2v) is 14.8. The molecule has 0 bridgehead atoms. The van der Waals surface area contributed by atoms with E-state index in [9.17, 15) is 4.79 Å². The standard InChI is InChI=1S/C23H37NOSi/c1-15(2)26(16(3)4,17(5)6)22-19(8)18(7)21(24(9)23(22)25)20-13-11-10-12-14-20/h10-18,21H,1-9H3/t18-,21+/m0/s1. The maximum Gasteiger partial charge on any atom is 0.246 e. The topological polar surface area (TPSA) is 20.3 Å². The van der Waals surface area contributed by atoms with Crippen LogP contribution in [0.25, 0.3) is 0 Å². The molecule has 0 radical (unpaired) electrons. The molecule has 1 aromatic rings. The van der Waals surface area contributed by atoms with Gasteiger partial charge in [-0.15, -0.1) is 0 Å². The molecule has 0 N–H and O–H groups in total. The van der Waals surface area contributed by atoms with Crippen molar-refractivity contribution in [3.63, 3.8) is 0 Å². The molecule has 0 aromatic heterocycles. The fraction of sp³-hybridized carbons (Fsp3) is 0.609. The lowest BCUT2D eigenvalue weighted by Gasteiger charge is -2.50. The molecule has 1 aliphatic heterocycles. The number of rotatable bonds is 5. The minimum atomic E-state index is -1.98. The molecule has 1 aromatic carbocycles. The summed E-state index contributed by atoms with van der Waals surface area (Å²) < 4.78 is 0. The van der Waals surface area contributed by atoms with E-state index in [0.717, 1.165) is 0 Å². The molecule has 0 aliphatic carbocycles. The molecule has 0 fully saturated rings. The van der Waals surface area contributed by atoms with Crippen molar-refractivity contribution >= 4 is 14.0 Å². The number of hydrogen-bond acceptors (Lipinski definition) is 1. The highest BCUT2D eigenvalue weighted by Gasteiger charge is 2.52. The molecule has 2 atom stereocenters. The highest BCUT2D eigenvalue weighted by molar-refractivity contribution is 6.93. The molecule has 0 spiro atoms. The molecule has 2 rings (SSSR count). The first-order valence-electron chi connectivity index (χ1n) is 10.1. The van der Waals surface area contributed by atoms with Crippen molar-refractivity contribution < 1.29 is 4.79 Å². The third-order valence-electron chi connectivity index (χ3n) is 6.94. The Kier molecular flexibility index (Phi) is 6.22. The van der Waals surface area contributed by atoms with E-state index in [4.69, 9.17) is 0 Å². The van der Waals surface area contributed by atoms with Crippen molar-refractivity contribution in [2.75, 3.05) is 7.05 Å². The van der Waals surface area contributed by atoms with Crippen LogP contribution in [0.2, 0.25) is 16.6 Å². The monoisotopic (exact) mass is 371 g/mol. The van der Waals surface area contributed by atoms with Gasteiger partial charge in [0, 0.05) is 18.2 Å². The van der Waals surface area contributed by atoms with Gasteiger partial charge < -0.3 is 4.90 Å². The molecular formula is C23H37NOSi. The van der Waals surface area contributed by atoms with Gasteiger partial charge in [-0.2, -0.15) is 0 Å². The van der Waals surface area contributed by atoms with Gasteiger partial charge in [-0.1, -0.05) is 84.4 Å². The number of benzene rings is 1. The molecular weight excluding hydrogens is 334 g/mol. The van der Waals surface area contributed by atoms with Crippen LogP contribution in [-0.2, 0) is 4.79 Å². The third kappa shape index (κ3) is 3.09. The zero-order chi connectivity index (χ0) is 19.8. The Morgan fingerprint density at radius 2 is 1.38 bits per heavy atom. The molecule has 1 heterocycles. The van der Waals surface area contributed by atoms with Gasteiger partial charge in [0.25, 0.3) is 0 Å². The van der Waals surface area contributed by atoms with E-state index in [2.05, 4.69) is 79.7 Å². The van der Waals surface area contributed by atoms with Gasteiger partial charge in [0.05, 0.1) is 6.04 Å². The Hall–Kier alpha value is -1.35. The van der Waals surface area contributed by atoms with E-state index in [1.165, 1.54) is 16.3 Å². The molecule has 0 unspecified atom stereocenters. The zero-order valence-corrected chi connectivity index (χ0v) is 19.1. The summed E-state index contributed by atoms with van der Waals surface area (Å²) in [5.41, 5.74) is 4.21. The highest BCUT2D eigenvalue weighted by Crippen LogP contribution is 2.51. The van der Waals surface area contributed by atoms with Crippen LogP contribution in [0.1, 0.15) is 67.0 Å². The van der Waals surface area contributed by atoms with Gasteiger partial charge in [-0.05, 0) is 29.1 Å². The SMILES string of the molecule is CC1=C([Si](C(C)C)(C(C)C)C(C)C)C(=O)N(C)[C@@H](c2ccccc2)[C@H]1C. The molecule has 1 amide bonds. The smallest absolute Gasteiger partial charge is 0.246 e. The Balaban J connectivity index is 2.69. The van der Waals surface area contributed by atoms with Gasteiger partial charge in [-0.3, -0.25) is 4.79 Å². The Morgan fingerprint density at radius 3 is 1.81 bits per heavy atom. The Bertz CT molecular complexity index is 653. The van der Waals surface area contributed by atoms with Crippen molar-refractivity contribution in [2.45, 2.75) is 78.1 Å². The van der Waals surface area contributed by atoms with Gasteiger partial charge in [-0.25, -0.2) is 0 Å². The highest BCUT2D eigenvalue weighted by atomic mass is 28.3. The zero-order valence-electron chi connectivity index (χ0n) is 18.1. The van der Waals surface area contributed by atoms with Crippen molar-refractivity contribution in [3.05, 3.63) is 46.7 Å². The van der Waals surface area contributed by atoms with Crippen molar-refractivity contribution in [2.24, 2.45) is 5.92 Å². The van der Waals surface area contributed by atoms with Crippen LogP contribution in [0.4, 0.5) is 0 Å².